The molecule has 0 fully saturated rings. The Morgan fingerprint density at radius 3 is 1.65 bits per heavy atom. The van der Waals surface area contributed by atoms with Crippen LogP contribution in [0.5, 0.6) is 0 Å². The quantitative estimate of drug-likeness (QED) is 0.338. The topological polar surface area (TPSA) is 0 Å². The molecule has 0 aliphatic rings. The third-order valence-corrected chi connectivity index (χ3v) is 3.97. The lowest BCUT2D eigenvalue weighted by Crippen LogP contribution is -2.07. The summed E-state index contributed by atoms with van der Waals surface area (Å²) in [6, 6.07) is 0. The highest BCUT2D eigenvalue weighted by Crippen LogP contribution is 2.26. The molecule has 104 valence electrons. The van der Waals surface area contributed by atoms with Crippen molar-refractivity contribution in [1.82, 2.24) is 0 Å². The van der Waals surface area contributed by atoms with E-state index in [1.165, 1.54) is 70.6 Å². The summed E-state index contributed by atoms with van der Waals surface area (Å²) in [7, 11) is 0. The Labute approximate surface area is 111 Å². The van der Waals surface area contributed by atoms with Gasteiger partial charge in [-0.1, -0.05) is 91.9 Å². The van der Waals surface area contributed by atoms with Gasteiger partial charge in [0.05, 0.1) is 0 Å². The van der Waals surface area contributed by atoms with Crippen molar-refractivity contribution in [3.8, 4) is 0 Å². The SMILES string of the molecule is CCCCCC(C)CC(CCCC)CCCC. The molecular formula is C17H36. The van der Waals surface area contributed by atoms with Gasteiger partial charge in [0.2, 0.25) is 0 Å². The highest BCUT2D eigenvalue weighted by Gasteiger charge is 2.12. The first-order chi connectivity index (χ1) is 8.24. The molecule has 0 aliphatic heterocycles. The van der Waals surface area contributed by atoms with Crippen LogP contribution in [0, 0.1) is 11.8 Å². The first-order valence-electron chi connectivity index (χ1n) is 8.24. The molecule has 0 radical (unpaired) electrons. The zero-order valence-electron chi connectivity index (χ0n) is 12.9. The first kappa shape index (κ1) is 17.0. The Morgan fingerprint density at radius 2 is 1.18 bits per heavy atom. The van der Waals surface area contributed by atoms with E-state index in [1.54, 1.807) is 0 Å². The fourth-order valence-corrected chi connectivity index (χ4v) is 2.80. The lowest BCUT2D eigenvalue weighted by molar-refractivity contribution is 0.319. The van der Waals surface area contributed by atoms with Crippen LogP contribution < -0.4 is 0 Å². The van der Waals surface area contributed by atoms with Crippen molar-refractivity contribution in [2.75, 3.05) is 0 Å². The van der Waals surface area contributed by atoms with E-state index in [9.17, 15) is 0 Å². The summed E-state index contributed by atoms with van der Waals surface area (Å²) in [5, 5.41) is 0. The molecule has 0 saturated carbocycles. The molecule has 0 nitrogen and oxygen atoms in total. The van der Waals surface area contributed by atoms with E-state index in [0.717, 1.165) is 11.8 Å². The van der Waals surface area contributed by atoms with E-state index in [1.807, 2.05) is 0 Å². The minimum absolute atomic E-state index is 0.959. The van der Waals surface area contributed by atoms with Crippen molar-refractivity contribution in [3.05, 3.63) is 0 Å². The minimum Gasteiger partial charge on any atom is -0.0654 e. The Balaban J connectivity index is 3.76. The van der Waals surface area contributed by atoms with Crippen molar-refractivity contribution in [2.24, 2.45) is 11.8 Å². The van der Waals surface area contributed by atoms with E-state index in [2.05, 4.69) is 27.7 Å². The second kappa shape index (κ2) is 12.5. The molecule has 0 aliphatic carbocycles. The molecule has 1 unspecified atom stereocenters. The lowest BCUT2D eigenvalue weighted by Gasteiger charge is -2.21. The molecule has 0 spiro atoms. The van der Waals surface area contributed by atoms with Crippen molar-refractivity contribution >= 4 is 0 Å². The van der Waals surface area contributed by atoms with Gasteiger partial charge < -0.3 is 0 Å². The van der Waals surface area contributed by atoms with Crippen molar-refractivity contribution in [3.63, 3.8) is 0 Å². The van der Waals surface area contributed by atoms with E-state index in [0.29, 0.717) is 0 Å². The first-order valence-corrected chi connectivity index (χ1v) is 8.24. The predicted octanol–water partition coefficient (Wildman–Crippen LogP) is 6.59. The molecule has 17 heavy (non-hydrogen) atoms. The van der Waals surface area contributed by atoms with Gasteiger partial charge in [0.15, 0.2) is 0 Å². The fourth-order valence-electron chi connectivity index (χ4n) is 2.80. The van der Waals surface area contributed by atoms with Gasteiger partial charge in [-0.2, -0.15) is 0 Å². The highest BCUT2D eigenvalue weighted by molar-refractivity contribution is 4.64. The molecule has 0 heteroatoms. The van der Waals surface area contributed by atoms with Gasteiger partial charge in [-0.05, 0) is 18.3 Å². The molecule has 0 N–H and O–H groups in total. The Kier molecular flexibility index (Phi) is 12.5. The second-order valence-corrected chi connectivity index (χ2v) is 5.99. The molecule has 0 aromatic rings. The molecule has 0 heterocycles. The summed E-state index contributed by atoms with van der Waals surface area (Å²) in [6.07, 6.45) is 15.8. The van der Waals surface area contributed by atoms with E-state index < -0.39 is 0 Å². The Morgan fingerprint density at radius 1 is 0.647 bits per heavy atom. The van der Waals surface area contributed by atoms with Crippen molar-refractivity contribution < 1.29 is 0 Å². The van der Waals surface area contributed by atoms with Crippen LogP contribution in [0.3, 0.4) is 0 Å². The van der Waals surface area contributed by atoms with Crippen LogP contribution in [-0.4, -0.2) is 0 Å². The van der Waals surface area contributed by atoms with Crippen LogP contribution in [0.15, 0.2) is 0 Å². The molecule has 0 aromatic carbocycles. The van der Waals surface area contributed by atoms with E-state index in [4.69, 9.17) is 0 Å². The van der Waals surface area contributed by atoms with Gasteiger partial charge in [-0.25, -0.2) is 0 Å². The third-order valence-electron chi connectivity index (χ3n) is 3.97. The standard InChI is InChI=1S/C17H36/c1-5-8-11-12-16(4)15-17(13-9-6-2)14-10-7-3/h16-17H,5-15H2,1-4H3. The van der Waals surface area contributed by atoms with Crippen LogP contribution >= 0.6 is 0 Å². The summed E-state index contributed by atoms with van der Waals surface area (Å²) in [5.41, 5.74) is 0. The molecule has 0 amide bonds. The summed E-state index contributed by atoms with van der Waals surface area (Å²) >= 11 is 0. The normalized spacial score (nSPS) is 13.2. The minimum atomic E-state index is 0.959. The zero-order chi connectivity index (χ0) is 12.9. The van der Waals surface area contributed by atoms with Crippen LogP contribution in [0.1, 0.15) is 98.3 Å². The molecule has 1 atom stereocenters. The lowest BCUT2D eigenvalue weighted by atomic mass is 9.85. The summed E-state index contributed by atoms with van der Waals surface area (Å²) < 4.78 is 0. The monoisotopic (exact) mass is 240 g/mol. The van der Waals surface area contributed by atoms with Gasteiger partial charge >= 0.3 is 0 Å². The zero-order valence-corrected chi connectivity index (χ0v) is 12.9. The average molecular weight is 240 g/mol. The third kappa shape index (κ3) is 10.9. The van der Waals surface area contributed by atoms with Crippen LogP contribution in [0.25, 0.3) is 0 Å². The number of unbranched alkanes of at least 4 members (excludes halogenated alkanes) is 4. The average Bonchev–Trinajstić information content (AvgIpc) is 2.33. The number of hydrogen-bond acceptors (Lipinski definition) is 0. The molecule has 0 rings (SSSR count). The van der Waals surface area contributed by atoms with Gasteiger partial charge in [0.1, 0.15) is 0 Å². The Hall–Kier alpha value is 0. The summed E-state index contributed by atoms with van der Waals surface area (Å²) in [4.78, 5) is 0. The number of hydrogen-bond donors (Lipinski definition) is 0. The molecule has 0 aromatic heterocycles. The maximum atomic E-state index is 2.47. The van der Waals surface area contributed by atoms with Crippen molar-refractivity contribution in [1.29, 1.82) is 0 Å². The van der Waals surface area contributed by atoms with Gasteiger partial charge in [-0.15, -0.1) is 0 Å². The van der Waals surface area contributed by atoms with E-state index in [-0.39, 0.29) is 0 Å². The summed E-state index contributed by atoms with van der Waals surface area (Å²) in [6.45, 7) is 9.42. The highest BCUT2D eigenvalue weighted by atomic mass is 14.2. The van der Waals surface area contributed by atoms with Crippen LogP contribution in [0.4, 0.5) is 0 Å². The number of rotatable bonds is 12. The summed E-state index contributed by atoms with van der Waals surface area (Å²) in [5.74, 6) is 1.98. The molecular weight excluding hydrogens is 204 g/mol. The Bertz CT molecular complexity index is 131. The van der Waals surface area contributed by atoms with E-state index >= 15 is 0 Å². The smallest absolute Gasteiger partial charge is 0.0412 e. The molecule has 0 saturated heterocycles. The maximum absolute atomic E-state index is 2.47. The maximum Gasteiger partial charge on any atom is -0.0412 e. The van der Waals surface area contributed by atoms with Gasteiger partial charge in [0.25, 0.3) is 0 Å². The van der Waals surface area contributed by atoms with Gasteiger partial charge in [-0.3, -0.25) is 0 Å². The predicted molar refractivity (Wildman–Crippen MR) is 80.5 cm³/mol. The van der Waals surface area contributed by atoms with Crippen LogP contribution in [0.2, 0.25) is 0 Å². The van der Waals surface area contributed by atoms with Crippen LogP contribution in [-0.2, 0) is 0 Å². The molecule has 0 bridgehead atoms. The van der Waals surface area contributed by atoms with Gasteiger partial charge in [0, 0.05) is 0 Å². The fraction of sp³-hybridized carbons (Fsp3) is 1.00. The second-order valence-electron chi connectivity index (χ2n) is 5.99. The van der Waals surface area contributed by atoms with Crippen molar-refractivity contribution in [2.45, 2.75) is 98.3 Å². The largest absolute Gasteiger partial charge is 0.0654 e.